The van der Waals surface area contributed by atoms with E-state index < -0.39 is 59.7 Å². The molecule has 4 fully saturated rings. The topological polar surface area (TPSA) is 123 Å². The Kier molecular flexibility index (Phi) is 6.78. The van der Waals surface area contributed by atoms with Crippen LogP contribution < -0.4 is 10.6 Å². The molecule has 2 aromatic carbocycles. The highest BCUT2D eigenvalue weighted by Gasteiger charge is 2.63. The number of nitrogens with one attached hydrogen (secondary N) is 2. The first-order valence-corrected chi connectivity index (χ1v) is 14.2. The summed E-state index contributed by atoms with van der Waals surface area (Å²) >= 11 is 6.27. The Bertz CT molecular complexity index is 1480. The van der Waals surface area contributed by atoms with E-state index in [-0.39, 0.29) is 41.3 Å². The number of alkyl halides is 2. The second kappa shape index (κ2) is 10.1. The van der Waals surface area contributed by atoms with Crippen molar-refractivity contribution in [3.8, 4) is 17.2 Å². The van der Waals surface area contributed by atoms with Gasteiger partial charge in [0.05, 0.1) is 12.0 Å². The number of piperidine rings is 3. The monoisotopic (exact) mass is 582 g/mol. The second-order valence-corrected chi connectivity index (χ2v) is 11.9. The van der Waals surface area contributed by atoms with Crippen LogP contribution in [0.4, 0.5) is 8.78 Å². The molecule has 8 nitrogen and oxygen atoms in total. The van der Waals surface area contributed by atoms with Gasteiger partial charge in [0.2, 0.25) is 11.8 Å². The summed E-state index contributed by atoms with van der Waals surface area (Å²) in [5.41, 5.74) is -0.546. The highest BCUT2D eigenvalue weighted by Crippen LogP contribution is 2.54. The molecule has 41 heavy (non-hydrogen) atoms. The number of aliphatic hydroxyl groups is 1. The first-order valence-electron chi connectivity index (χ1n) is 13.9. The molecule has 3 aliphatic heterocycles. The number of hydrogen-bond acceptors (Lipinski definition) is 5. The van der Waals surface area contributed by atoms with Crippen molar-refractivity contribution < 1.29 is 28.3 Å². The molecular weight excluding hydrogens is 554 g/mol. The third-order valence-electron chi connectivity index (χ3n) is 9.12. The molecule has 2 aliphatic carbocycles. The van der Waals surface area contributed by atoms with Crippen LogP contribution in [-0.2, 0) is 20.0 Å². The van der Waals surface area contributed by atoms with Crippen molar-refractivity contribution in [2.45, 2.75) is 68.2 Å². The zero-order valence-corrected chi connectivity index (χ0v) is 22.8. The molecule has 2 aromatic rings. The van der Waals surface area contributed by atoms with Crippen molar-refractivity contribution in [1.82, 2.24) is 15.5 Å². The molecule has 7 rings (SSSR count). The van der Waals surface area contributed by atoms with E-state index in [0.29, 0.717) is 24.1 Å². The summed E-state index contributed by atoms with van der Waals surface area (Å²) in [4.78, 5) is 41.6. The van der Waals surface area contributed by atoms with Crippen molar-refractivity contribution in [3.05, 3.63) is 58.6 Å². The SMILES string of the molecule is N#C[C@H](C[C@H]1CCCNC1=O)NC(=O)[C@@H]1[C@@H]2CC[C@@H](CC2(F)F)N1C(=O)[C@@]1(O)c2ccccc2-c2ccc(Cl)cc21. The molecule has 3 N–H and O–H groups in total. The average Bonchev–Trinajstić information content (AvgIpc) is 3.21. The molecule has 0 spiro atoms. The average molecular weight is 583 g/mol. The van der Waals surface area contributed by atoms with E-state index in [2.05, 4.69) is 10.6 Å². The number of amides is 3. The van der Waals surface area contributed by atoms with Gasteiger partial charge in [-0.2, -0.15) is 5.26 Å². The van der Waals surface area contributed by atoms with Crippen LogP contribution in [0.2, 0.25) is 5.02 Å². The van der Waals surface area contributed by atoms with Gasteiger partial charge in [0.15, 0.2) is 5.60 Å². The zero-order chi connectivity index (χ0) is 29.1. The normalized spacial score (nSPS) is 30.0. The minimum atomic E-state index is -3.22. The summed E-state index contributed by atoms with van der Waals surface area (Å²) in [7, 11) is 0. The Hall–Kier alpha value is -3.55. The number of carbonyl (C=O) groups is 3. The fourth-order valence-electron chi connectivity index (χ4n) is 7.19. The Morgan fingerprint density at radius 1 is 1.17 bits per heavy atom. The van der Waals surface area contributed by atoms with Gasteiger partial charge in [-0.1, -0.05) is 41.9 Å². The maximum absolute atomic E-state index is 15.3. The highest BCUT2D eigenvalue weighted by molar-refractivity contribution is 6.31. The number of benzene rings is 2. The quantitative estimate of drug-likeness (QED) is 0.498. The van der Waals surface area contributed by atoms with Crippen LogP contribution in [0.5, 0.6) is 0 Å². The minimum absolute atomic E-state index is 0.0131. The molecule has 0 aromatic heterocycles. The summed E-state index contributed by atoms with van der Waals surface area (Å²) in [6.45, 7) is 0.538. The van der Waals surface area contributed by atoms with E-state index in [1.807, 2.05) is 6.07 Å². The Balaban J connectivity index is 1.36. The van der Waals surface area contributed by atoms with Gasteiger partial charge in [0.1, 0.15) is 12.1 Å². The fraction of sp³-hybridized carbons (Fsp3) is 0.467. The van der Waals surface area contributed by atoms with Crippen molar-refractivity contribution in [2.24, 2.45) is 11.8 Å². The highest BCUT2D eigenvalue weighted by atomic mass is 35.5. The van der Waals surface area contributed by atoms with Gasteiger partial charge in [0, 0.05) is 41.1 Å². The van der Waals surface area contributed by atoms with Crippen molar-refractivity contribution in [1.29, 1.82) is 5.26 Å². The third kappa shape index (κ3) is 4.37. The lowest BCUT2D eigenvalue weighted by atomic mass is 9.70. The molecule has 3 amide bonds. The molecule has 0 unspecified atom stereocenters. The van der Waals surface area contributed by atoms with Crippen LogP contribution in [0.3, 0.4) is 0 Å². The number of fused-ring (bicyclic) bond motifs is 6. The molecule has 5 aliphatic rings. The van der Waals surface area contributed by atoms with E-state index in [1.54, 1.807) is 36.4 Å². The molecule has 214 valence electrons. The van der Waals surface area contributed by atoms with Gasteiger partial charge in [-0.15, -0.1) is 0 Å². The third-order valence-corrected chi connectivity index (χ3v) is 9.35. The molecule has 3 heterocycles. The smallest absolute Gasteiger partial charge is 0.264 e. The molecule has 6 atom stereocenters. The summed E-state index contributed by atoms with van der Waals surface area (Å²) in [6, 6.07) is 9.88. The molecule has 0 radical (unpaired) electrons. The van der Waals surface area contributed by atoms with Gasteiger partial charge in [-0.3, -0.25) is 14.4 Å². The largest absolute Gasteiger partial charge is 0.372 e. The van der Waals surface area contributed by atoms with E-state index in [9.17, 15) is 24.8 Å². The van der Waals surface area contributed by atoms with E-state index in [0.717, 1.165) is 11.3 Å². The van der Waals surface area contributed by atoms with Crippen LogP contribution in [-0.4, -0.2) is 58.3 Å². The predicted octanol–water partition coefficient (Wildman–Crippen LogP) is 3.50. The van der Waals surface area contributed by atoms with Crippen LogP contribution in [0, 0.1) is 23.2 Å². The zero-order valence-electron chi connectivity index (χ0n) is 22.1. The lowest BCUT2D eigenvalue weighted by molar-refractivity contribution is -0.201. The van der Waals surface area contributed by atoms with E-state index in [4.69, 9.17) is 11.6 Å². The minimum Gasteiger partial charge on any atom is -0.372 e. The fourth-order valence-corrected chi connectivity index (χ4v) is 7.36. The van der Waals surface area contributed by atoms with E-state index >= 15 is 8.78 Å². The number of halogens is 3. The first kappa shape index (κ1) is 27.6. The summed E-state index contributed by atoms with van der Waals surface area (Å²) in [5.74, 6) is -7.19. The second-order valence-electron chi connectivity index (χ2n) is 11.5. The van der Waals surface area contributed by atoms with Gasteiger partial charge in [0.25, 0.3) is 11.8 Å². The predicted molar refractivity (Wildman–Crippen MR) is 144 cm³/mol. The number of carbonyl (C=O) groups excluding carboxylic acids is 3. The number of hydrogen-bond donors (Lipinski definition) is 3. The number of nitriles is 1. The molecular formula is C30H29ClF2N4O4. The molecule has 11 heteroatoms. The molecule has 3 saturated heterocycles. The Labute approximate surface area is 240 Å². The maximum atomic E-state index is 15.3. The summed E-state index contributed by atoms with van der Waals surface area (Å²) in [5, 5.41) is 27.6. The van der Waals surface area contributed by atoms with Gasteiger partial charge in [-0.05, 0) is 55.4 Å². The number of nitrogens with zero attached hydrogens (tertiary/aromatic N) is 2. The van der Waals surface area contributed by atoms with Gasteiger partial charge < -0.3 is 20.6 Å². The molecule has 1 saturated carbocycles. The summed E-state index contributed by atoms with van der Waals surface area (Å²) < 4.78 is 30.6. The lowest BCUT2D eigenvalue weighted by Crippen LogP contribution is -2.70. The van der Waals surface area contributed by atoms with Crippen molar-refractivity contribution >= 4 is 29.3 Å². The van der Waals surface area contributed by atoms with Crippen LogP contribution in [0.1, 0.15) is 49.7 Å². The Morgan fingerprint density at radius 3 is 2.66 bits per heavy atom. The summed E-state index contributed by atoms with van der Waals surface area (Å²) in [6.07, 6.45) is 0.943. The number of rotatable bonds is 5. The van der Waals surface area contributed by atoms with E-state index in [1.165, 1.54) is 6.07 Å². The Morgan fingerprint density at radius 2 is 1.93 bits per heavy atom. The van der Waals surface area contributed by atoms with Crippen LogP contribution in [0.25, 0.3) is 11.1 Å². The maximum Gasteiger partial charge on any atom is 0.264 e. The molecule has 2 bridgehead atoms. The van der Waals surface area contributed by atoms with Gasteiger partial charge >= 0.3 is 0 Å². The van der Waals surface area contributed by atoms with Crippen molar-refractivity contribution in [2.75, 3.05) is 6.54 Å². The van der Waals surface area contributed by atoms with Crippen LogP contribution in [0.15, 0.2) is 42.5 Å². The van der Waals surface area contributed by atoms with Crippen molar-refractivity contribution in [3.63, 3.8) is 0 Å². The lowest BCUT2D eigenvalue weighted by Gasteiger charge is -2.54. The first-order chi connectivity index (χ1) is 19.6. The van der Waals surface area contributed by atoms with Crippen LogP contribution >= 0.6 is 11.6 Å². The standard InChI is InChI=1S/C30H29ClF2N4O4/c31-17-7-9-21-20-5-1-2-6-22(20)30(41,24(21)13-17)28(40)37-19-8-10-23(29(32,33)14-19)25(37)27(39)36-18(15-34)12-16-4-3-11-35-26(16)38/h1-2,5-7,9,13,16,18-19,23,25,41H,3-4,8,10-12,14H2,(H,35,38)(H,36,39)/t16-,18+,19+,23+,25+,30-/m1/s1. The van der Waals surface area contributed by atoms with Gasteiger partial charge in [-0.25, -0.2) is 8.78 Å².